The highest BCUT2D eigenvalue weighted by atomic mass is 32.1. The summed E-state index contributed by atoms with van der Waals surface area (Å²) in [6, 6.07) is 11.2. The van der Waals surface area contributed by atoms with Crippen molar-refractivity contribution < 1.29 is 14.3 Å². The Hall–Kier alpha value is -3.19. The molecule has 0 radical (unpaired) electrons. The number of anilines is 2. The van der Waals surface area contributed by atoms with Crippen LogP contribution < -0.4 is 10.1 Å². The van der Waals surface area contributed by atoms with Gasteiger partial charge in [0.05, 0.1) is 12.8 Å². The van der Waals surface area contributed by atoms with E-state index >= 15 is 0 Å². The van der Waals surface area contributed by atoms with Crippen LogP contribution in [0.2, 0.25) is 0 Å². The predicted octanol–water partition coefficient (Wildman–Crippen LogP) is 4.57. The van der Waals surface area contributed by atoms with Crippen LogP contribution in [0.4, 0.5) is 10.9 Å². The van der Waals surface area contributed by atoms with Crippen molar-refractivity contribution in [2.45, 2.75) is 6.92 Å². The number of nitrogens with one attached hydrogen (secondary N) is 1. The maximum absolute atomic E-state index is 11.3. The van der Waals surface area contributed by atoms with Gasteiger partial charge in [-0.1, -0.05) is 18.2 Å². The number of esters is 1. The van der Waals surface area contributed by atoms with Gasteiger partial charge in [-0.25, -0.2) is 14.8 Å². The van der Waals surface area contributed by atoms with Gasteiger partial charge >= 0.3 is 5.97 Å². The minimum absolute atomic E-state index is 0.434. The summed E-state index contributed by atoms with van der Waals surface area (Å²) in [7, 11) is 1.33. The highest BCUT2D eigenvalue weighted by Crippen LogP contribution is 2.32. The van der Waals surface area contributed by atoms with Crippen molar-refractivity contribution in [2.75, 3.05) is 12.4 Å². The molecule has 0 bridgehead atoms. The maximum atomic E-state index is 11.3. The van der Waals surface area contributed by atoms with Gasteiger partial charge in [0.2, 0.25) is 0 Å². The van der Waals surface area contributed by atoms with Crippen molar-refractivity contribution in [3.05, 3.63) is 65.3 Å². The van der Waals surface area contributed by atoms with Gasteiger partial charge < -0.3 is 14.8 Å². The molecule has 2 aromatic heterocycles. The van der Waals surface area contributed by atoms with Crippen LogP contribution in [0, 0.1) is 6.92 Å². The number of aromatic nitrogens is 2. The van der Waals surface area contributed by atoms with Gasteiger partial charge in [0.25, 0.3) is 0 Å². The number of rotatable bonds is 6. The van der Waals surface area contributed by atoms with E-state index in [4.69, 9.17) is 4.74 Å². The molecule has 0 aliphatic heterocycles. The summed E-state index contributed by atoms with van der Waals surface area (Å²) in [5.41, 5.74) is 1.64. The Kier molecular flexibility index (Phi) is 5.60. The molecule has 0 saturated heterocycles. The lowest BCUT2D eigenvalue weighted by Crippen LogP contribution is -1.98. The zero-order valence-electron chi connectivity index (χ0n) is 14.3. The number of methoxy groups -OCH3 is 1. The molecule has 1 N–H and O–H groups in total. The van der Waals surface area contributed by atoms with Crippen molar-refractivity contribution in [2.24, 2.45) is 0 Å². The number of thiazole rings is 1. The molecule has 0 unspecified atom stereocenters. The normalized spacial score (nSPS) is 10.7. The molecule has 7 heteroatoms. The predicted molar refractivity (Wildman–Crippen MR) is 102 cm³/mol. The summed E-state index contributed by atoms with van der Waals surface area (Å²) in [5, 5.41) is 5.85. The second kappa shape index (κ2) is 8.26. The molecule has 0 aliphatic carbocycles. The first-order valence-corrected chi connectivity index (χ1v) is 8.70. The van der Waals surface area contributed by atoms with Crippen molar-refractivity contribution in [1.82, 2.24) is 9.97 Å². The average molecular weight is 367 g/mol. The van der Waals surface area contributed by atoms with E-state index in [2.05, 4.69) is 20.0 Å². The minimum Gasteiger partial charge on any atom is -0.466 e. The summed E-state index contributed by atoms with van der Waals surface area (Å²) in [4.78, 5) is 20.1. The first-order valence-electron chi connectivity index (χ1n) is 7.82. The Morgan fingerprint density at radius 1 is 1.27 bits per heavy atom. The highest BCUT2D eigenvalue weighted by molar-refractivity contribution is 7.13. The van der Waals surface area contributed by atoms with E-state index in [9.17, 15) is 4.79 Å². The quantitative estimate of drug-likeness (QED) is 0.508. The van der Waals surface area contributed by atoms with E-state index in [1.807, 2.05) is 42.6 Å². The first kappa shape index (κ1) is 17.6. The van der Waals surface area contributed by atoms with E-state index in [1.54, 1.807) is 18.3 Å². The third-order valence-electron chi connectivity index (χ3n) is 3.30. The number of para-hydroxylation sites is 1. The summed E-state index contributed by atoms with van der Waals surface area (Å²) in [5.74, 6) is 1.31. The van der Waals surface area contributed by atoms with E-state index in [0.29, 0.717) is 22.9 Å². The second-order valence-electron chi connectivity index (χ2n) is 5.31. The molecule has 3 rings (SSSR count). The fraction of sp³-hybridized carbons (Fsp3) is 0.105. The van der Waals surface area contributed by atoms with Gasteiger partial charge in [-0.3, -0.25) is 0 Å². The van der Waals surface area contributed by atoms with Crippen LogP contribution in [0.15, 0.2) is 54.1 Å². The zero-order valence-corrected chi connectivity index (χ0v) is 15.1. The van der Waals surface area contributed by atoms with E-state index in [1.165, 1.54) is 24.5 Å². The Balaban J connectivity index is 1.91. The molecule has 6 nitrogen and oxygen atoms in total. The number of carbonyl (C=O) groups excluding carboxylic acids is 1. The molecule has 0 spiro atoms. The van der Waals surface area contributed by atoms with E-state index < -0.39 is 5.97 Å². The Morgan fingerprint density at radius 3 is 2.77 bits per heavy atom. The number of aryl methyl sites for hydroxylation is 1. The lowest BCUT2D eigenvalue weighted by molar-refractivity contribution is -0.134. The SMILES string of the molecule is COC(=O)/C=C/c1cnc(Nc2nc(C)cs2)c(Oc2ccccc2)c1. The molecule has 0 saturated carbocycles. The highest BCUT2D eigenvalue weighted by Gasteiger charge is 2.10. The van der Waals surface area contributed by atoms with Crippen LogP contribution in [0.1, 0.15) is 11.3 Å². The van der Waals surface area contributed by atoms with Crippen molar-refractivity contribution >= 4 is 34.3 Å². The number of carbonyl (C=O) groups is 1. The van der Waals surface area contributed by atoms with Crippen LogP contribution in [0.3, 0.4) is 0 Å². The van der Waals surface area contributed by atoms with E-state index in [-0.39, 0.29) is 0 Å². The summed E-state index contributed by atoms with van der Waals surface area (Å²) in [6.45, 7) is 1.93. The molecule has 132 valence electrons. The van der Waals surface area contributed by atoms with Crippen LogP contribution in [-0.4, -0.2) is 23.0 Å². The average Bonchev–Trinajstić information content (AvgIpc) is 3.07. The van der Waals surface area contributed by atoms with Gasteiger partial charge in [-0.15, -0.1) is 11.3 Å². The van der Waals surface area contributed by atoms with Gasteiger partial charge in [0, 0.05) is 17.7 Å². The number of pyridine rings is 1. The van der Waals surface area contributed by atoms with Gasteiger partial charge in [-0.05, 0) is 36.8 Å². The van der Waals surface area contributed by atoms with Gasteiger partial charge in [-0.2, -0.15) is 0 Å². The Labute approximate surface area is 155 Å². The second-order valence-corrected chi connectivity index (χ2v) is 6.16. The fourth-order valence-electron chi connectivity index (χ4n) is 2.08. The summed E-state index contributed by atoms with van der Waals surface area (Å²) < 4.78 is 10.6. The number of benzene rings is 1. The summed E-state index contributed by atoms with van der Waals surface area (Å²) in [6.07, 6.45) is 4.59. The number of hydrogen-bond acceptors (Lipinski definition) is 7. The molecule has 0 fully saturated rings. The molecule has 0 atom stereocenters. The topological polar surface area (TPSA) is 73.3 Å². The van der Waals surface area contributed by atoms with Crippen LogP contribution >= 0.6 is 11.3 Å². The zero-order chi connectivity index (χ0) is 18.4. The Bertz CT molecular complexity index is 923. The number of hydrogen-bond donors (Lipinski definition) is 1. The standard InChI is InChI=1S/C19H17N3O3S/c1-13-12-26-19(21-13)22-18-16(25-15-6-4-3-5-7-15)10-14(11-20-18)8-9-17(23)24-2/h3-12H,1-2H3,(H,20,21,22)/b9-8+. The molecule has 1 aromatic carbocycles. The largest absolute Gasteiger partial charge is 0.466 e. The molecular weight excluding hydrogens is 350 g/mol. The minimum atomic E-state index is -0.434. The number of ether oxygens (including phenoxy) is 2. The third-order valence-corrected chi connectivity index (χ3v) is 4.18. The number of nitrogens with zero attached hydrogens (tertiary/aromatic N) is 2. The third kappa shape index (κ3) is 4.67. The lowest BCUT2D eigenvalue weighted by atomic mass is 10.2. The molecule has 26 heavy (non-hydrogen) atoms. The molecular formula is C19H17N3O3S. The molecule has 0 aliphatic rings. The van der Waals surface area contributed by atoms with Gasteiger partial charge in [0.1, 0.15) is 5.75 Å². The molecule has 0 amide bonds. The van der Waals surface area contributed by atoms with Crippen LogP contribution in [0.5, 0.6) is 11.5 Å². The lowest BCUT2D eigenvalue weighted by Gasteiger charge is -2.11. The Morgan fingerprint density at radius 2 is 2.08 bits per heavy atom. The molecule has 3 aromatic rings. The molecule has 2 heterocycles. The van der Waals surface area contributed by atoms with Crippen molar-refractivity contribution in [1.29, 1.82) is 0 Å². The monoisotopic (exact) mass is 367 g/mol. The van der Waals surface area contributed by atoms with Crippen LogP contribution in [0.25, 0.3) is 6.08 Å². The first-order chi connectivity index (χ1) is 12.6. The summed E-state index contributed by atoms with van der Waals surface area (Å²) >= 11 is 1.49. The van der Waals surface area contributed by atoms with Crippen molar-refractivity contribution in [3.63, 3.8) is 0 Å². The van der Waals surface area contributed by atoms with Crippen LogP contribution in [-0.2, 0) is 9.53 Å². The fourth-order valence-corrected chi connectivity index (χ4v) is 2.77. The maximum Gasteiger partial charge on any atom is 0.330 e. The smallest absolute Gasteiger partial charge is 0.330 e. The van der Waals surface area contributed by atoms with Gasteiger partial charge in [0.15, 0.2) is 16.7 Å². The van der Waals surface area contributed by atoms with Crippen molar-refractivity contribution in [3.8, 4) is 11.5 Å². The van der Waals surface area contributed by atoms with E-state index in [0.717, 1.165) is 10.8 Å².